The van der Waals surface area contributed by atoms with Crippen molar-refractivity contribution < 1.29 is 9.53 Å². The first-order valence-corrected chi connectivity index (χ1v) is 7.78. The average molecular weight is 313 g/mol. The summed E-state index contributed by atoms with van der Waals surface area (Å²) in [4.78, 5) is 12.6. The number of ether oxygens (including phenoxy) is 1. The van der Waals surface area contributed by atoms with Gasteiger partial charge in [0.1, 0.15) is 17.0 Å². The van der Waals surface area contributed by atoms with Gasteiger partial charge in [-0.1, -0.05) is 0 Å². The van der Waals surface area contributed by atoms with Gasteiger partial charge in [-0.3, -0.25) is 4.79 Å². The number of carbonyl (C=O) groups excluding carboxylic acids is 1. The number of aromatic nitrogens is 1. The van der Waals surface area contributed by atoms with Crippen LogP contribution in [0, 0.1) is 6.92 Å². The maximum absolute atomic E-state index is 12.6. The van der Waals surface area contributed by atoms with E-state index in [1.54, 1.807) is 0 Å². The molecule has 0 aliphatic carbocycles. The Morgan fingerprint density at radius 3 is 2.74 bits per heavy atom. The molecular formula is C18H23N3O2. The second-order valence-electron chi connectivity index (χ2n) is 6.81. The molecule has 0 spiro atoms. The van der Waals surface area contributed by atoms with Crippen LogP contribution in [0.15, 0.2) is 30.3 Å². The van der Waals surface area contributed by atoms with E-state index in [4.69, 9.17) is 10.5 Å². The summed E-state index contributed by atoms with van der Waals surface area (Å²) in [7, 11) is 1.89. The molecule has 1 atom stereocenters. The average Bonchev–Trinajstić information content (AvgIpc) is 2.79. The molecule has 5 heteroatoms. The Kier molecular flexibility index (Phi) is 3.59. The van der Waals surface area contributed by atoms with E-state index in [2.05, 4.69) is 5.32 Å². The molecule has 1 aliphatic rings. The lowest BCUT2D eigenvalue weighted by atomic mass is 9.89. The summed E-state index contributed by atoms with van der Waals surface area (Å²) >= 11 is 0. The first-order valence-electron chi connectivity index (χ1n) is 7.78. The third kappa shape index (κ3) is 2.91. The minimum Gasteiger partial charge on any atom is -0.487 e. The maximum atomic E-state index is 12.6. The number of amides is 1. The molecule has 122 valence electrons. The van der Waals surface area contributed by atoms with Crippen molar-refractivity contribution in [2.45, 2.75) is 38.8 Å². The molecule has 1 aromatic carbocycles. The fourth-order valence-corrected chi connectivity index (χ4v) is 3.08. The second-order valence-corrected chi connectivity index (χ2v) is 6.81. The van der Waals surface area contributed by atoms with Crippen LogP contribution >= 0.6 is 0 Å². The summed E-state index contributed by atoms with van der Waals surface area (Å²) in [5, 5.41) is 3.13. The monoisotopic (exact) mass is 313 g/mol. The quantitative estimate of drug-likeness (QED) is 0.838. The van der Waals surface area contributed by atoms with Gasteiger partial charge < -0.3 is 20.4 Å². The van der Waals surface area contributed by atoms with Gasteiger partial charge in [-0.2, -0.15) is 0 Å². The van der Waals surface area contributed by atoms with Gasteiger partial charge >= 0.3 is 0 Å². The molecule has 2 heterocycles. The third-order valence-electron chi connectivity index (χ3n) is 4.40. The highest BCUT2D eigenvalue weighted by molar-refractivity contribution is 5.93. The summed E-state index contributed by atoms with van der Waals surface area (Å²) in [6, 6.07) is 9.23. The Bertz CT molecular complexity index is 762. The highest BCUT2D eigenvalue weighted by atomic mass is 16.5. The number of hydrogen-bond donors (Lipinski definition) is 2. The SMILES string of the molecule is Cc1ccc(C(=O)NC2CC(C)(C)Oc3ccc(N)cc32)n1C. The molecule has 3 N–H and O–H groups in total. The number of fused-ring (bicyclic) bond motifs is 1. The molecule has 0 fully saturated rings. The predicted molar refractivity (Wildman–Crippen MR) is 90.5 cm³/mol. The molecule has 3 rings (SSSR count). The Balaban J connectivity index is 1.92. The summed E-state index contributed by atoms with van der Waals surface area (Å²) in [5.74, 6) is 0.695. The van der Waals surface area contributed by atoms with Crippen LogP contribution in [0.1, 0.15) is 48.1 Å². The number of rotatable bonds is 2. The highest BCUT2D eigenvalue weighted by Gasteiger charge is 2.35. The topological polar surface area (TPSA) is 69.3 Å². The number of carbonyl (C=O) groups is 1. The van der Waals surface area contributed by atoms with E-state index in [0.29, 0.717) is 17.8 Å². The number of nitrogens with one attached hydrogen (secondary N) is 1. The van der Waals surface area contributed by atoms with Gasteiger partial charge in [0.05, 0.1) is 6.04 Å². The van der Waals surface area contributed by atoms with Gasteiger partial charge in [-0.25, -0.2) is 0 Å². The van der Waals surface area contributed by atoms with E-state index in [9.17, 15) is 4.79 Å². The molecule has 1 unspecified atom stereocenters. The minimum absolute atomic E-state index is 0.0864. The summed E-state index contributed by atoms with van der Waals surface area (Å²) in [5.41, 5.74) is 8.87. The van der Waals surface area contributed by atoms with Crippen LogP contribution in [0.2, 0.25) is 0 Å². The van der Waals surface area contributed by atoms with Crippen LogP contribution in [0.5, 0.6) is 5.75 Å². The molecule has 23 heavy (non-hydrogen) atoms. The van der Waals surface area contributed by atoms with Crippen molar-refractivity contribution in [3.05, 3.63) is 47.3 Å². The summed E-state index contributed by atoms with van der Waals surface area (Å²) in [6.45, 7) is 6.03. The molecule has 2 aromatic rings. The number of nitrogens with zero attached hydrogens (tertiary/aromatic N) is 1. The first-order chi connectivity index (χ1) is 10.8. The van der Waals surface area contributed by atoms with Gasteiger partial charge in [0.25, 0.3) is 5.91 Å². The van der Waals surface area contributed by atoms with Gasteiger partial charge in [0, 0.05) is 30.4 Å². The van der Waals surface area contributed by atoms with E-state index in [-0.39, 0.29) is 17.6 Å². The van der Waals surface area contributed by atoms with Crippen molar-refractivity contribution in [1.29, 1.82) is 0 Å². The molecule has 1 amide bonds. The molecule has 1 aliphatic heterocycles. The largest absolute Gasteiger partial charge is 0.487 e. The number of nitrogens with two attached hydrogens (primary N) is 1. The lowest BCUT2D eigenvalue weighted by molar-refractivity contribution is 0.0617. The van der Waals surface area contributed by atoms with E-state index in [0.717, 1.165) is 17.0 Å². The minimum atomic E-state index is -0.342. The van der Waals surface area contributed by atoms with Crippen LogP contribution in [0.25, 0.3) is 0 Å². The Morgan fingerprint density at radius 1 is 1.35 bits per heavy atom. The zero-order chi connectivity index (χ0) is 16.8. The molecule has 1 aromatic heterocycles. The smallest absolute Gasteiger partial charge is 0.268 e. The standard InChI is InChI=1S/C18H23N3O2/c1-11-5-7-15(21(11)4)17(22)20-14-10-18(2,3)23-16-8-6-12(19)9-13(14)16/h5-9,14H,10,19H2,1-4H3,(H,20,22). The number of anilines is 1. The van der Waals surface area contributed by atoms with Crippen LogP contribution in [0.3, 0.4) is 0 Å². The van der Waals surface area contributed by atoms with E-state index in [1.165, 1.54) is 0 Å². The third-order valence-corrected chi connectivity index (χ3v) is 4.40. The lowest BCUT2D eigenvalue weighted by Gasteiger charge is -2.38. The van der Waals surface area contributed by atoms with E-state index in [1.807, 2.05) is 62.7 Å². The van der Waals surface area contributed by atoms with Gasteiger partial charge in [0.2, 0.25) is 0 Å². The molecule has 0 saturated carbocycles. The second kappa shape index (κ2) is 5.33. The molecule has 5 nitrogen and oxygen atoms in total. The Labute approximate surface area is 136 Å². The van der Waals surface area contributed by atoms with E-state index < -0.39 is 0 Å². The van der Waals surface area contributed by atoms with Crippen molar-refractivity contribution in [3.63, 3.8) is 0 Å². The van der Waals surface area contributed by atoms with Gasteiger partial charge in [0.15, 0.2) is 0 Å². The molecular weight excluding hydrogens is 290 g/mol. The summed E-state index contributed by atoms with van der Waals surface area (Å²) in [6.07, 6.45) is 0.693. The number of aryl methyl sites for hydroxylation is 1. The van der Waals surface area contributed by atoms with Crippen LogP contribution < -0.4 is 15.8 Å². The van der Waals surface area contributed by atoms with Crippen molar-refractivity contribution in [2.75, 3.05) is 5.73 Å². The number of hydrogen-bond acceptors (Lipinski definition) is 3. The highest BCUT2D eigenvalue weighted by Crippen LogP contribution is 2.40. The zero-order valence-electron chi connectivity index (χ0n) is 14.0. The van der Waals surface area contributed by atoms with Crippen molar-refractivity contribution in [1.82, 2.24) is 9.88 Å². The number of nitrogen functional groups attached to an aromatic ring is 1. The fourth-order valence-electron chi connectivity index (χ4n) is 3.08. The molecule has 0 radical (unpaired) electrons. The molecule has 0 saturated heterocycles. The predicted octanol–water partition coefficient (Wildman–Crippen LogP) is 2.95. The van der Waals surface area contributed by atoms with Crippen molar-refractivity contribution in [2.24, 2.45) is 7.05 Å². The van der Waals surface area contributed by atoms with Crippen LogP contribution in [-0.2, 0) is 7.05 Å². The number of benzene rings is 1. The normalized spacial score (nSPS) is 18.9. The van der Waals surface area contributed by atoms with Gasteiger partial charge in [-0.15, -0.1) is 0 Å². The molecule has 0 bridgehead atoms. The zero-order valence-corrected chi connectivity index (χ0v) is 14.0. The fraction of sp³-hybridized carbons (Fsp3) is 0.389. The van der Waals surface area contributed by atoms with Crippen LogP contribution in [-0.4, -0.2) is 16.1 Å². The Hall–Kier alpha value is -2.43. The van der Waals surface area contributed by atoms with Crippen LogP contribution in [0.4, 0.5) is 5.69 Å². The van der Waals surface area contributed by atoms with Gasteiger partial charge in [-0.05, 0) is 51.1 Å². The van der Waals surface area contributed by atoms with Crippen molar-refractivity contribution >= 4 is 11.6 Å². The maximum Gasteiger partial charge on any atom is 0.268 e. The van der Waals surface area contributed by atoms with E-state index >= 15 is 0 Å². The first kappa shape index (κ1) is 15.5. The lowest BCUT2D eigenvalue weighted by Crippen LogP contribution is -2.41. The Morgan fingerprint density at radius 2 is 2.09 bits per heavy atom. The summed E-state index contributed by atoms with van der Waals surface area (Å²) < 4.78 is 7.90. The van der Waals surface area contributed by atoms with Crippen molar-refractivity contribution in [3.8, 4) is 5.75 Å².